The normalized spacial score (nSPS) is 31.8. The molecule has 0 bridgehead atoms. The SMILES string of the molecule is CC1(C)[C@@]2(c3ccccc3)[C@H]3[C@@H](Oc4ccc([N+](=O)[O-])cc4[N+](=O)[O-])C[C@@H]3[C@]12c1ccccc1. The third kappa shape index (κ3) is 2.18. The zero-order valence-corrected chi connectivity index (χ0v) is 18.9. The summed E-state index contributed by atoms with van der Waals surface area (Å²) in [5.74, 6) is 0.713. The van der Waals surface area contributed by atoms with Crippen LogP contribution in [0, 0.1) is 37.5 Å². The van der Waals surface area contributed by atoms with E-state index in [-0.39, 0.29) is 45.4 Å². The van der Waals surface area contributed by atoms with Gasteiger partial charge in [-0.05, 0) is 34.9 Å². The van der Waals surface area contributed by atoms with Gasteiger partial charge in [0.2, 0.25) is 0 Å². The zero-order chi connectivity index (χ0) is 23.9. The first kappa shape index (κ1) is 20.8. The van der Waals surface area contributed by atoms with Crippen LogP contribution in [-0.4, -0.2) is 16.0 Å². The lowest BCUT2D eigenvalue weighted by atomic mass is 9.43. The Balaban J connectivity index is 1.41. The summed E-state index contributed by atoms with van der Waals surface area (Å²) in [6.45, 7) is 4.66. The highest BCUT2D eigenvalue weighted by Crippen LogP contribution is 2.96. The number of nitrogens with zero attached hydrogens (tertiary/aromatic N) is 2. The molecule has 3 fully saturated rings. The first-order valence-corrected chi connectivity index (χ1v) is 11.5. The zero-order valence-electron chi connectivity index (χ0n) is 18.9. The first-order valence-electron chi connectivity index (χ1n) is 11.5. The third-order valence-corrected chi connectivity index (χ3v) is 8.99. The fourth-order valence-electron chi connectivity index (χ4n) is 8.05. The van der Waals surface area contributed by atoms with Crippen LogP contribution in [0.3, 0.4) is 0 Å². The van der Waals surface area contributed by atoms with Crippen LogP contribution in [0.2, 0.25) is 0 Å². The van der Waals surface area contributed by atoms with Crippen molar-refractivity contribution in [2.45, 2.75) is 37.2 Å². The van der Waals surface area contributed by atoms with Crippen LogP contribution in [0.4, 0.5) is 11.4 Å². The van der Waals surface area contributed by atoms with E-state index in [4.69, 9.17) is 4.74 Å². The molecule has 172 valence electrons. The monoisotopic (exact) mass is 456 g/mol. The molecule has 6 rings (SSSR count). The van der Waals surface area contributed by atoms with E-state index in [0.717, 1.165) is 12.5 Å². The highest BCUT2D eigenvalue weighted by Gasteiger charge is 2.99. The Morgan fingerprint density at radius 2 is 1.41 bits per heavy atom. The maximum Gasteiger partial charge on any atom is 0.317 e. The average molecular weight is 456 g/mol. The second-order valence-corrected chi connectivity index (χ2v) is 10.2. The van der Waals surface area contributed by atoms with Gasteiger partial charge in [0.15, 0.2) is 5.75 Å². The van der Waals surface area contributed by atoms with Crippen molar-refractivity contribution in [3.8, 4) is 5.75 Å². The quantitative estimate of drug-likeness (QED) is 0.344. The lowest BCUT2D eigenvalue weighted by Crippen LogP contribution is -2.66. The van der Waals surface area contributed by atoms with E-state index in [1.165, 1.54) is 23.3 Å². The molecule has 0 amide bonds. The molecule has 0 N–H and O–H groups in total. The number of hydrogen-bond acceptors (Lipinski definition) is 5. The van der Waals surface area contributed by atoms with Crippen LogP contribution in [0.1, 0.15) is 31.4 Å². The van der Waals surface area contributed by atoms with Crippen LogP contribution in [-0.2, 0) is 10.8 Å². The summed E-state index contributed by atoms with van der Waals surface area (Å²) in [5.41, 5.74) is 1.77. The van der Waals surface area contributed by atoms with Gasteiger partial charge in [0.25, 0.3) is 5.69 Å². The van der Waals surface area contributed by atoms with Gasteiger partial charge in [-0.2, -0.15) is 0 Å². The van der Waals surface area contributed by atoms with E-state index in [1.807, 2.05) is 12.1 Å². The molecule has 0 aromatic heterocycles. The molecule has 3 saturated carbocycles. The summed E-state index contributed by atoms with van der Waals surface area (Å²) in [4.78, 5) is 21.5. The minimum absolute atomic E-state index is 0.00541. The van der Waals surface area contributed by atoms with E-state index < -0.39 is 9.85 Å². The lowest BCUT2D eigenvalue weighted by molar-refractivity contribution is -0.395. The van der Waals surface area contributed by atoms with Gasteiger partial charge >= 0.3 is 5.69 Å². The molecule has 0 saturated heterocycles. The van der Waals surface area contributed by atoms with E-state index in [0.29, 0.717) is 5.92 Å². The number of hydrogen-bond donors (Lipinski definition) is 0. The van der Waals surface area contributed by atoms with Crippen molar-refractivity contribution in [3.63, 3.8) is 0 Å². The molecular formula is C27H24N2O5. The van der Waals surface area contributed by atoms with Crippen LogP contribution < -0.4 is 4.74 Å². The molecule has 5 atom stereocenters. The van der Waals surface area contributed by atoms with Gasteiger partial charge in [0.05, 0.1) is 15.9 Å². The number of nitro groups is 2. The Labute approximate surface area is 196 Å². The summed E-state index contributed by atoms with van der Waals surface area (Å²) in [6, 6.07) is 24.8. The van der Waals surface area contributed by atoms with Crippen molar-refractivity contribution in [1.29, 1.82) is 0 Å². The van der Waals surface area contributed by atoms with Crippen molar-refractivity contribution >= 4 is 11.4 Å². The molecule has 34 heavy (non-hydrogen) atoms. The number of fused-ring (bicyclic) bond motifs is 4. The fraction of sp³-hybridized carbons (Fsp3) is 0.333. The molecule has 0 heterocycles. The summed E-state index contributed by atoms with van der Waals surface area (Å²) in [5, 5.41) is 22.8. The predicted octanol–water partition coefficient (Wildman–Crippen LogP) is 5.82. The predicted molar refractivity (Wildman–Crippen MR) is 126 cm³/mol. The number of non-ortho nitro benzene ring substituents is 1. The molecule has 0 unspecified atom stereocenters. The summed E-state index contributed by atoms with van der Waals surface area (Å²) in [6.07, 6.45) is 0.607. The molecule has 0 radical (unpaired) electrons. The van der Waals surface area contributed by atoms with Gasteiger partial charge in [-0.15, -0.1) is 0 Å². The van der Waals surface area contributed by atoms with E-state index >= 15 is 0 Å². The standard InChI is InChI=1S/C27H24N2O5/c1-25(2)26(17-9-5-3-6-10-17)20-16-23(24(20)27(25,26)18-11-7-4-8-12-18)34-22-14-13-19(28(30)31)15-21(22)29(32)33/h3-15,20,23-24H,16H2,1-2H3/t20-,23-,24+,26+,27+/m0/s1. The molecule has 7 heteroatoms. The molecule has 3 aliphatic rings. The maximum atomic E-state index is 11.6. The lowest BCUT2D eigenvalue weighted by Gasteiger charge is -2.62. The van der Waals surface area contributed by atoms with Crippen LogP contribution >= 0.6 is 0 Å². The minimum Gasteiger partial charge on any atom is -0.483 e. The smallest absolute Gasteiger partial charge is 0.317 e. The number of nitro benzene ring substituents is 2. The van der Waals surface area contributed by atoms with Gasteiger partial charge in [0.1, 0.15) is 6.10 Å². The van der Waals surface area contributed by atoms with Crippen molar-refractivity contribution in [1.82, 2.24) is 0 Å². The molecular weight excluding hydrogens is 432 g/mol. The third-order valence-electron chi connectivity index (χ3n) is 8.99. The van der Waals surface area contributed by atoms with Crippen LogP contribution in [0.25, 0.3) is 0 Å². The van der Waals surface area contributed by atoms with Gasteiger partial charge in [-0.25, -0.2) is 0 Å². The van der Waals surface area contributed by atoms with Crippen LogP contribution in [0.5, 0.6) is 5.75 Å². The van der Waals surface area contributed by atoms with E-state index in [9.17, 15) is 20.2 Å². The van der Waals surface area contributed by atoms with Crippen molar-refractivity contribution in [2.75, 3.05) is 0 Å². The summed E-state index contributed by atoms with van der Waals surface area (Å²) >= 11 is 0. The molecule has 0 spiro atoms. The molecule has 3 aromatic rings. The Morgan fingerprint density at radius 1 is 0.824 bits per heavy atom. The van der Waals surface area contributed by atoms with Crippen molar-refractivity contribution < 1.29 is 14.6 Å². The Morgan fingerprint density at radius 3 is 1.97 bits per heavy atom. The van der Waals surface area contributed by atoms with Gasteiger partial charge in [0, 0.05) is 22.8 Å². The summed E-state index contributed by atoms with van der Waals surface area (Å²) in [7, 11) is 0. The largest absolute Gasteiger partial charge is 0.483 e. The van der Waals surface area contributed by atoms with Gasteiger partial charge < -0.3 is 4.74 Å². The number of benzene rings is 3. The number of rotatable bonds is 6. The van der Waals surface area contributed by atoms with Gasteiger partial charge in [-0.1, -0.05) is 74.5 Å². The minimum atomic E-state index is -0.632. The fourth-order valence-corrected chi connectivity index (χ4v) is 8.05. The molecule has 3 aliphatic carbocycles. The van der Waals surface area contributed by atoms with E-state index in [1.54, 1.807) is 0 Å². The molecule has 3 aromatic carbocycles. The van der Waals surface area contributed by atoms with E-state index in [2.05, 4.69) is 62.4 Å². The topological polar surface area (TPSA) is 95.5 Å². The number of ether oxygens (including phenoxy) is 1. The second-order valence-electron chi connectivity index (χ2n) is 10.2. The molecule has 7 nitrogen and oxygen atoms in total. The first-order chi connectivity index (χ1) is 16.3. The Kier molecular flexibility index (Phi) is 4.08. The average Bonchev–Trinajstić information content (AvgIpc) is 3.21. The van der Waals surface area contributed by atoms with Crippen LogP contribution in [0.15, 0.2) is 78.9 Å². The second kappa shape index (κ2) is 6.65. The van der Waals surface area contributed by atoms with Crippen molar-refractivity contribution in [3.05, 3.63) is 110 Å². The maximum absolute atomic E-state index is 11.6. The molecule has 0 aliphatic heterocycles. The Bertz CT molecular complexity index is 1330. The highest BCUT2D eigenvalue weighted by atomic mass is 16.6. The van der Waals surface area contributed by atoms with Gasteiger partial charge in [-0.3, -0.25) is 20.2 Å². The summed E-state index contributed by atoms with van der Waals surface area (Å²) < 4.78 is 6.26. The Hall–Kier alpha value is -3.74. The highest BCUT2D eigenvalue weighted by molar-refractivity contribution is 5.66. The van der Waals surface area contributed by atoms with Crippen molar-refractivity contribution in [2.24, 2.45) is 17.3 Å².